The summed E-state index contributed by atoms with van der Waals surface area (Å²) >= 11 is 0. The maximum Gasteiger partial charge on any atom is 0.240 e. The van der Waals surface area contributed by atoms with Crippen LogP contribution in [0.15, 0.2) is 0 Å². The van der Waals surface area contributed by atoms with Crippen LogP contribution in [0, 0.1) is 0 Å². The first-order chi connectivity index (χ1) is 10.2. The summed E-state index contributed by atoms with van der Waals surface area (Å²) in [6.45, 7) is 3.06. The van der Waals surface area contributed by atoms with Crippen LogP contribution < -0.4 is 11.1 Å². The Balaban J connectivity index is 0.00000441. The molecule has 0 aliphatic heterocycles. The van der Waals surface area contributed by atoms with Crippen molar-refractivity contribution in [3.05, 3.63) is 0 Å². The normalized spacial score (nSPS) is 16.3. The zero-order valence-corrected chi connectivity index (χ0v) is 15.3. The number of amides is 1. The highest BCUT2D eigenvalue weighted by Gasteiger charge is 2.36. The van der Waals surface area contributed by atoms with E-state index < -0.39 is 5.54 Å². The molecule has 0 heterocycles. The van der Waals surface area contributed by atoms with Gasteiger partial charge in [0.05, 0.1) is 5.54 Å². The molecule has 0 aromatic heterocycles. The number of hydrogen-bond donors (Lipinski definition) is 2. The number of hydrogen-bond acceptors (Lipinski definition) is 2. The Labute approximate surface area is 143 Å². The van der Waals surface area contributed by atoms with E-state index in [0.29, 0.717) is 0 Å². The zero-order valence-electron chi connectivity index (χ0n) is 14.5. The molecule has 0 radical (unpaired) electrons. The fraction of sp³-hybridized carbons (Fsp3) is 0.944. The van der Waals surface area contributed by atoms with E-state index in [9.17, 15) is 4.79 Å². The van der Waals surface area contributed by atoms with Crippen LogP contribution in [0.4, 0.5) is 0 Å². The number of unbranched alkanes of at least 4 members (excludes halogenated alkanes) is 9. The van der Waals surface area contributed by atoms with Gasteiger partial charge in [0.25, 0.3) is 0 Å². The quantitative estimate of drug-likeness (QED) is 0.508. The Hall–Kier alpha value is -0.280. The number of nitrogens with two attached hydrogens (primary N) is 1. The third kappa shape index (κ3) is 8.99. The fourth-order valence-electron chi connectivity index (χ4n) is 3.22. The number of carbonyl (C=O) groups excluding carboxylic acids is 1. The summed E-state index contributed by atoms with van der Waals surface area (Å²) in [6, 6.07) is 0. The molecule has 0 saturated heterocycles. The minimum atomic E-state index is -0.557. The van der Waals surface area contributed by atoms with Crippen LogP contribution in [0.2, 0.25) is 0 Å². The predicted molar refractivity (Wildman–Crippen MR) is 97.5 cm³/mol. The SMILES string of the molecule is CCCCCCCCCCCCNC(=O)C1(N)CCCC1.Cl. The summed E-state index contributed by atoms with van der Waals surface area (Å²) in [7, 11) is 0. The Kier molecular flexibility index (Phi) is 13.0. The lowest BCUT2D eigenvalue weighted by Crippen LogP contribution is -2.52. The van der Waals surface area contributed by atoms with Crippen LogP contribution in [0.1, 0.15) is 96.8 Å². The van der Waals surface area contributed by atoms with Crippen LogP contribution in [-0.2, 0) is 4.79 Å². The average molecular weight is 333 g/mol. The van der Waals surface area contributed by atoms with Gasteiger partial charge in [0, 0.05) is 6.54 Å². The topological polar surface area (TPSA) is 55.1 Å². The minimum Gasteiger partial charge on any atom is -0.355 e. The predicted octanol–water partition coefficient (Wildman–Crippen LogP) is 4.72. The first-order valence-corrected chi connectivity index (χ1v) is 9.26. The van der Waals surface area contributed by atoms with Gasteiger partial charge < -0.3 is 11.1 Å². The molecule has 0 unspecified atom stereocenters. The monoisotopic (exact) mass is 332 g/mol. The number of nitrogens with one attached hydrogen (secondary N) is 1. The molecular weight excluding hydrogens is 296 g/mol. The number of rotatable bonds is 12. The largest absolute Gasteiger partial charge is 0.355 e. The van der Waals surface area contributed by atoms with E-state index in [1.54, 1.807) is 0 Å². The summed E-state index contributed by atoms with van der Waals surface area (Å²) < 4.78 is 0. The Morgan fingerprint density at radius 1 is 0.909 bits per heavy atom. The highest BCUT2D eigenvalue weighted by Crippen LogP contribution is 2.27. The lowest BCUT2D eigenvalue weighted by Gasteiger charge is -2.22. The van der Waals surface area contributed by atoms with E-state index in [0.717, 1.165) is 38.6 Å². The van der Waals surface area contributed by atoms with Crippen molar-refractivity contribution >= 4 is 18.3 Å². The van der Waals surface area contributed by atoms with E-state index in [2.05, 4.69) is 12.2 Å². The standard InChI is InChI=1S/C18H36N2O.ClH/c1-2-3-4-5-6-7-8-9-10-13-16-20-17(21)18(19)14-11-12-15-18;/h2-16,19H2,1H3,(H,20,21);1H. The Bertz CT molecular complexity index is 278. The smallest absolute Gasteiger partial charge is 0.240 e. The van der Waals surface area contributed by atoms with Crippen molar-refractivity contribution in [2.24, 2.45) is 5.73 Å². The summed E-state index contributed by atoms with van der Waals surface area (Å²) in [5.74, 6) is 0.0796. The van der Waals surface area contributed by atoms with Crippen LogP contribution in [0.25, 0.3) is 0 Å². The second-order valence-electron chi connectivity index (χ2n) is 6.80. The summed E-state index contributed by atoms with van der Waals surface area (Å²) in [4.78, 5) is 12.0. The van der Waals surface area contributed by atoms with Crippen molar-refractivity contribution in [3.63, 3.8) is 0 Å². The van der Waals surface area contributed by atoms with Crippen molar-refractivity contribution in [3.8, 4) is 0 Å². The third-order valence-electron chi connectivity index (χ3n) is 4.76. The van der Waals surface area contributed by atoms with Gasteiger partial charge in [-0.05, 0) is 19.3 Å². The number of carbonyl (C=O) groups is 1. The molecule has 0 spiro atoms. The van der Waals surface area contributed by atoms with E-state index in [1.165, 1.54) is 57.8 Å². The minimum absolute atomic E-state index is 0. The summed E-state index contributed by atoms with van der Waals surface area (Å²) in [5, 5.41) is 3.03. The second-order valence-corrected chi connectivity index (χ2v) is 6.80. The molecule has 1 aliphatic carbocycles. The van der Waals surface area contributed by atoms with Crippen LogP contribution in [0.3, 0.4) is 0 Å². The zero-order chi connectivity index (χ0) is 15.4. The molecular formula is C18H37ClN2O. The first kappa shape index (κ1) is 21.7. The van der Waals surface area contributed by atoms with Crippen molar-refractivity contribution < 1.29 is 4.79 Å². The van der Waals surface area contributed by atoms with Crippen LogP contribution in [0.5, 0.6) is 0 Å². The van der Waals surface area contributed by atoms with E-state index in [-0.39, 0.29) is 18.3 Å². The van der Waals surface area contributed by atoms with Crippen LogP contribution >= 0.6 is 12.4 Å². The molecule has 1 fully saturated rings. The first-order valence-electron chi connectivity index (χ1n) is 9.26. The summed E-state index contributed by atoms with van der Waals surface area (Å²) in [6.07, 6.45) is 17.2. The van der Waals surface area contributed by atoms with Gasteiger partial charge in [0.15, 0.2) is 0 Å². The molecule has 0 atom stereocenters. The fourth-order valence-corrected chi connectivity index (χ4v) is 3.22. The highest BCUT2D eigenvalue weighted by molar-refractivity contribution is 5.86. The Morgan fingerprint density at radius 3 is 1.86 bits per heavy atom. The maximum atomic E-state index is 12.0. The van der Waals surface area contributed by atoms with Gasteiger partial charge in [-0.2, -0.15) is 0 Å². The summed E-state index contributed by atoms with van der Waals surface area (Å²) in [5.41, 5.74) is 5.56. The average Bonchev–Trinajstić information content (AvgIpc) is 2.92. The molecule has 3 N–H and O–H groups in total. The molecule has 4 heteroatoms. The molecule has 1 saturated carbocycles. The van der Waals surface area contributed by atoms with Crippen molar-refractivity contribution in [1.82, 2.24) is 5.32 Å². The van der Waals surface area contributed by atoms with Gasteiger partial charge in [0.2, 0.25) is 5.91 Å². The van der Waals surface area contributed by atoms with Gasteiger partial charge in [-0.1, -0.05) is 77.6 Å². The molecule has 0 bridgehead atoms. The maximum absolute atomic E-state index is 12.0. The van der Waals surface area contributed by atoms with Gasteiger partial charge in [-0.3, -0.25) is 4.79 Å². The lowest BCUT2D eigenvalue weighted by molar-refractivity contribution is -0.126. The molecule has 22 heavy (non-hydrogen) atoms. The van der Waals surface area contributed by atoms with Crippen LogP contribution in [-0.4, -0.2) is 18.0 Å². The molecule has 1 aliphatic rings. The third-order valence-corrected chi connectivity index (χ3v) is 4.76. The van der Waals surface area contributed by atoms with E-state index in [4.69, 9.17) is 5.73 Å². The Morgan fingerprint density at radius 2 is 1.36 bits per heavy atom. The van der Waals surface area contributed by atoms with Gasteiger partial charge in [-0.15, -0.1) is 12.4 Å². The molecule has 132 valence electrons. The molecule has 1 rings (SSSR count). The van der Waals surface area contributed by atoms with Gasteiger partial charge in [-0.25, -0.2) is 0 Å². The van der Waals surface area contributed by atoms with Crippen molar-refractivity contribution in [2.75, 3.05) is 6.54 Å². The molecule has 3 nitrogen and oxygen atoms in total. The van der Waals surface area contributed by atoms with Gasteiger partial charge in [0.1, 0.15) is 0 Å². The second kappa shape index (κ2) is 13.2. The highest BCUT2D eigenvalue weighted by atomic mass is 35.5. The van der Waals surface area contributed by atoms with Crippen molar-refractivity contribution in [1.29, 1.82) is 0 Å². The van der Waals surface area contributed by atoms with Gasteiger partial charge >= 0.3 is 0 Å². The molecule has 0 aromatic carbocycles. The molecule has 0 aromatic rings. The van der Waals surface area contributed by atoms with Crippen molar-refractivity contribution in [2.45, 2.75) is 102 Å². The lowest BCUT2D eigenvalue weighted by atomic mass is 9.98. The van der Waals surface area contributed by atoms with E-state index >= 15 is 0 Å². The van der Waals surface area contributed by atoms with E-state index in [1.807, 2.05) is 0 Å². The molecule has 1 amide bonds. The number of halogens is 1.